The minimum Gasteiger partial charge on any atom is -0.345 e. The van der Waals surface area contributed by atoms with Gasteiger partial charge in [0.05, 0.1) is 0 Å². The Bertz CT molecular complexity index is 491. The zero-order valence-electron chi connectivity index (χ0n) is 12.9. The first-order valence-corrected chi connectivity index (χ1v) is 9.07. The first kappa shape index (κ1) is 12.7. The predicted molar refractivity (Wildman–Crippen MR) is 83.2 cm³/mol. The lowest BCUT2D eigenvalue weighted by Crippen LogP contribution is -2.48. The van der Waals surface area contributed by atoms with Crippen molar-refractivity contribution in [3.8, 4) is 0 Å². The molecule has 4 saturated carbocycles. The van der Waals surface area contributed by atoms with Gasteiger partial charge in [-0.1, -0.05) is 0 Å². The Morgan fingerprint density at radius 1 is 1.10 bits per heavy atom. The highest BCUT2D eigenvalue weighted by molar-refractivity contribution is 5.22. The van der Waals surface area contributed by atoms with Gasteiger partial charge in [0.2, 0.25) is 0 Å². The fourth-order valence-corrected chi connectivity index (χ4v) is 6.34. The summed E-state index contributed by atoms with van der Waals surface area (Å²) in [6, 6.07) is 0.653. The fraction of sp³-hybridized carbons (Fsp3) is 0.833. The first-order valence-electron chi connectivity index (χ1n) is 9.07. The molecule has 0 radical (unpaired) electrons. The molecule has 6 rings (SSSR count). The highest BCUT2D eigenvalue weighted by Crippen LogP contribution is 2.60. The van der Waals surface area contributed by atoms with E-state index in [-0.39, 0.29) is 0 Å². The summed E-state index contributed by atoms with van der Waals surface area (Å²) in [5, 5.41) is 3.59. The Balaban J connectivity index is 1.39. The van der Waals surface area contributed by atoms with Gasteiger partial charge in [0.25, 0.3) is 0 Å². The molecule has 0 amide bonds. The van der Waals surface area contributed by atoms with Gasteiger partial charge in [0.15, 0.2) is 0 Å². The van der Waals surface area contributed by atoms with Crippen molar-refractivity contribution in [3.05, 3.63) is 17.7 Å². The summed E-state index contributed by atoms with van der Waals surface area (Å²) in [6.07, 6.45) is 14.8. The fourth-order valence-electron chi connectivity index (χ4n) is 6.34. The molecule has 1 atom stereocenters. The van der Waals surface area contributed by atoms with Crippen molar-refractivity contribution in [3.63, 3.8) is 0 Å². The zero-order chi connectivity index (χ0) is 13.9. The van der Waals surface area contributed by atoms with Gasteiger partial charge >= 0.3 is 0 Å². The van der Waals surface area contributed by atoms with E-state index in [4.69, 9.17) is 4.98 Å². The van der Waals surface area contributed by atoms with Crippen LogP contribution in [0.4, 0.5) is 0 Å². The van der Waals surface area contributed by atoms with Gasteiger partial charge in [-0.15, -0.1) is 0 Å². The van der Waals surface area contributed by atoms with E-state index in [1.54, 1.807) is 0 Å². The van der Waals surface area contributed by atoms with Crippen molar-refractivity contribution in [2.45, 2.75) is 69.2 Å². The summed E-state index contributed by atoms with van der Waals surface area (Å²) in [6.45, 7) is 1.19. The van der Waals surface area contributed by atoms with Crippen LogP contribution in [0.1, 0.15) is 62.9 Å². The van der Waals surface area contributed by atoms with Crippen molar-refractivity contribution < 1.29 is 0 Å². The van der Waals surface area contributed by atoms with E-state index in [1.165, 1.54) is 69.4 Å². The minimum absolute atomic E-state index is 0.475. The summed E-state index contributed by atoms with van der Waals surface area (Å²) in [7, 11) is 0. The molecular weight excluding hydrogens is 258 g/mol. The van der Waals surface area contributed by atoms with Crippen molar-refractivity contribution in [1.29, 1.82) is 0 Å². The normalized spacial score (nSPS) is 44.6. The van der Waals surface area contributed by atoms with E-state index in [9.17, 15) is 0 Å². The lowest BCUT2D eigenvalue weighted by molar-refractivity contribution is -0.00706. The van der Waals surface area contributed by atoms with Gasteiger partial charge in [-0.25, -0.2) is 4.98 Å². The summed E-state index contributed by atoms with van der Waals surface area (Å²) >= 11 is 0. The molecule has 1 aliphatic heterocycles. The molecule has 3 nitrogen and oxygen atoms in total. The van der Waals surface area contributed by atoms with Gasteiger partial charge in [-0.05, 0) is 75.7 Å². The van der Waals surface area contributed by atoms with Gasteiger partial charge in [0, 0.05) is 29.8 Å². The summed E-state index contributed by atoms with van der Waals surface area (Å²) in [5.74, 6) is 4.26. The number of nitrogens with one attached hydrogen (secondary N) is 2. The van der Waals surface area contributed by atoms with Crippen LogP contribution in [0.2, 0.25) is 0 Å². The van der Waals surface area contributed by atoms with Crippen LogP contribution in [0.25, 0.3) is 0 Å². The lowest BCUT2D eigenvalue weighted by atomic mass is 9.49. The molecule has 1 saturated heterocycles. The third-order valence-corrected chi connectivity index (χ3v) is 6.84. The summed E-state index contributed by atoms with van der Waals surface area (Å²) in [4.78, 5) is 8.49. The van der Waals surface area contributed by atoms with Crippen molar-refractivity contribution in [2.75, 3.05) is 6.54 Å². The number of nitrogens with zero attached hydrogens (tertiary/aromatic N) is 1. The SMILES string of the molecule is c1nc(CC2CCCN2)[nH]c1C12CC3CC(CC(C3)C1)C2. The molecule has 0 spiro atoms. The molecule has 4 aliphatic carbocycles. The van der Waals surface area contributed by atoms with Crippen LogP contribution in [0.5, 0.6) is 0 Å². The van der Waals surface area contributed by atoms with Crippen LogP contribution in [0, 0.1) is 17.8 Å². The van der Waals surface area contributed by atoms with Crippen LogP contribution in [0.15, 0.2) is 6.20 Å². The van der Waals surface area contributed by atoms with Crippen molar-refractivity contribution >= 4 is 0 Å². The highest BCUT2D eigenvalue weighted by Gasteiger charge is 2.52. The molecule has 5 fully saturated rings. The molecule has 1 unspecified atom stereocenters. The van der Waals surface area contributed by atoms with Gasteiger partial charge < -0.3 is 10.3 Å². The third kappa shape index (κ3) is 2.08. The maximum Gasteiger partial charge on any atom is 0.107 e. The second kappa shape index (κ2) is 4.58. The van der Waals surface area contributed by atoms with E-state index >= 15 is 0 Å². The quantitative estimate of drug-likeness (QED) is 0.895. The second-order valence-electron chi connectivity index (χ2n) is 8.44. The molecule has 1 aromatic heterocycles. The molecule has 21 heavy (non-hydrogen) atoms. The van der Waals surface area contributed by atoms with E-state index < -0.39 is 0 Å². The second-order valence-corrected chi connectivity index (χ2v) is 8.44. The van der Waals surface area contributed by atoms with E-state index in [0.717, 1.165) is 24.2 Å². The standard InChI is InChI=1S/C18H27N3/c1-2-15(19-3-1)7-17-20-11-16(21-17)18-8-12-4-13(9-18)6-14(5-12)10-18/h11-15,19H,1-10H2,(H,20,21). The van der Waals surface area contributed by atoms with E-state index in [2.05, 4.69) is 16.5 Å². The Hall–Kier alpha value is -0.830. The Labute approximate surface area is 127 Å². The first-order chi connectivity index (χ1) is 10.3. The van der Waals surface area contributed by atoms with Gasteiger partial charge in [-0.2, -0.15) is 0 Å². The highest BCUT2D eigenvalue weighted by atomic mass is 15.0. The molecule has 0 aromatic carbocycles. The third-order valence-electron chi connectivity index (χ3n) is 6.84. The maximum absolute atomic E-state index is 4.74. The van der Waals surface area contributed by atoms with Crippen LogP contribution in [0.3, 0.4) is 0 Å². The molecule has 2 N–H and O–H groups in total. The van der Waals surface area contributed by atoms with Crippen LogP contribution >= 0.6 is 0 Å². The zero-order valence-corrected chi connectivity index (χ0v) is 12.9. The molecule has 1 aromatic rings. The number of rotatable bonds is 3. The Kier molecular flexibility index (Phi) is 2.77. The number of hydrogen-bond donors (Lipinski definition) is 2. The Morgan fingerprint density at radius 3 is 2.43 bits per heavy atom. The number of hydrogen-bond acceptors (Lipinski definition) is 2. The predicted octanol–water partition coefficient (Wildman–Crippen LogP) is 3.17. The van der Waals surface area contributed by atoms with Gasteiger partial charge in [-0.3, -0.25) is 0 Å². The number of aromatic amines is 1. The van der Waals surface area contributed by atoms with E-state index in [0.29, 0.717) is 11.5 Å². The molecule has 114 valence electrons. The smallest absolute Gasteiger partial charge is 0.107 e. The summed E-state index contributed by atoms with van der Waals surface area (Å²) < 4.78 is 0. The molecular formula is C18H27N3. The molecule has 2 heterocycles. The Morgan fingerprint density at radius 2 is 1.81 bits per heavy atom. The van der Waals surface area contributed by atoms with Crippen LogP contribution < -0.4 is 5.32 Å². The van der Waals surface area contributed by atoms with Crippen LogP contribution in [-0.4, -0.2) is 22.6 Å². The number of H-pyrrole nitrogens is 1. The average molecular weight is 285 g/mol. The van der Waals surface area contributed by atoms with E-state index in [1.807, 2.05) is 0 Å². The maximum atomic E-state index is 4.74. The number of aromatic nitrogens is 2. The number of imidazole rings is 1. The minimum atomic E-state index is 0.475. The molecule has 5 aliphatic rings. The lowest BCUT2D eigenvalue weighted by Gasteiger charge is -2.56. The molecule has 4 bridgehead atoms. The largest absolute Gasteiger partial charge is 0.345 e. The van der Waals surface area contributed by atoms with Crippen molar-refractivity contribution in [2.24, 2.45) is 17.8 Å². The van der Waals surface area contributed by atoms with Gasteiger partial charge in [0.1, 0.15) is 5.82 Å². The average Bonchev–Trinajstić information content (AvgIpc) is 3.09. The summed E-state index contributed by atoms with van der Waals surface area (Å²) in [5.41, 5.74) is 1.96. The molecule has 3 heteroatoms. The van der Waals surface area contributed by atoms with Crippen LogP contribution in [-0.2, 0) is 11.8 Å². The topological polar surface area (TPSA) is 40.7 Å². The van der Waals surface area contributed by atoms with Crippen molar-refractivity contribution in [1.82, 2.24) is 15.3 Å². The monoisotopic (exact) mass is 285 g/mol.